The number of likely N-dealkylation sites (tertiary alicyclic amines) is 1. The highest BCUT2D eigenvalue weighted by atomic mass is 32.2. The monoisotopic (exact) mass is 393 g/mol. The molecule has 0 spiro atoms. The van der Waals surface area contributed by atoms with Crippen molar-refractivity contribution in [1.29, 1.82) is 0 Å². The highest BCUT2D eigenvalue weighted by Gasteiger charge is 2.28. The van der Waals surface area contributed by atoms with Crippen LogP contribution in [0.2, 0.25) is 0 Å². The van der Waals surface area contributed by atoms with Gasteiger partial charge in [0.1, 0.15) is 0 Å². The van der Waals surface area contributed by atoms with Crippen molar-refractivity contribution in [1.82, 2.24) is 9.62 Å². The standard InChI is InChI=1S/C19H27N3O4S/c1-3-4-19(24)21-10-8-16(9-11-21)20-27(25,26)17-5-6-18-15(13-17)7-12-22(18)14(2)23/h5-6,13,16,20H,3-4,7-12H2,1-2H3. The maximum atomic E-state index is 12.8. The number of nitrogens with zero attached hydrogens (tertiary/aromatic N) is 2. The van der Waals surface area contributed by atoms with Crippen molar-refractivity contribution in [2.45, 2.75) is 56.9 Å². The van der Waals surface area contributed by atoms with Gasteiger partial charge < -0.3 is 9.80 Å². The van der Waals surface area contributed by atoms with Crippen molar-refractivity contribution >= 4 is 27.5 Å². The minimum absolute atomic E-state index is 0.0353. The molecule has 0 radical (unpaired) electrons. The maximum absolute atomic E-state index is 12.8. The Labute approximate surface area is 160 Å². The minimum Gasteiger partial charge on any atom is -0.343 e. The lowest BCUT2D eigenvalue weighted by atomic mass is 10.1. The Hall–Kier alpha value is -1.93. The van der Waals surface area contributed by atoms with Crippen LogP contribution >= 0.6 is 0 Å². The Morgan fingerprint density at radius 3 is 2.52 bits per heavy atom. The van der Waals surface area contributed by atoms with Gasteiger partial charge in [-0.2, -0.15) is 0 Å². The third kappa shape index (κ3) is 4.32. The van der Waals surface area contributed by atoms with Crippen molar-refractivity contribution in [3.8, 4) is 0 Å². The molecule has 148 valence electrons. The summed E-state index contributed by atoms with van der Waals surface area (Å²) >= 11 is 0. The molecule has 1 N–H and O–H groups in total. The van der Waals surface area contributed by atoms with Gasteiger partial charge >= 0.3 is 0 Å². The molecule has 27 heavy (non-hydrogen) atoms. The lowest BCUT2D eigenvalue weighted by molar-refractivity contribution is -0.132. The van der Waals surface area contributed by atoms with E-state index in [4.69, 9.17) is 0 Å². The van der Waals surface area contributed by atoms with Gasteiger partial charge in [-0.1, -0.05) is 6.92 Å². The van der Waals surface area contributed by atoms with E-state index in [1.165, 1.54) is 6.92 Å². The van der Waals surface area contributed by atoms with Gasteiger partial charge in [0.25, 0.3) is 0 Å². The van der Waals surface area contributed by atoms with Gasteiger partial charge in [0.05, 0.1) is 4.90 Å². The fraction of sp³-hybridized carbons (Fsp3) is 0.579. The van der Waals surface area contributed by atoms with E-state index >= 15 is 0 Å². The van der Waals surface area contributed by atoms with Crippen LogP contribution in [0.4, 0.5) is 5.69 Å². The number of piperidine rings is 1. The van der Waals surface area contributed by atoms with Gasteiger partial charge in [-0.15, -0.1) is 0 Å². The summed E-state index contributed by atoms with van der Waals surface area (Å²) in [6.45, 7) is 5.25. The molecule has 0 aliphatic carbocycles. The second-order valence-corrected chi connectivity index (χ2v) is 8.95. The molecule has 0 saturated carbocycles. The average Bonchev–Trinajstić information content (AvgIpc) is 3.05. The SMILES string of the molecule is CCCC(=O)N1CCC(NS(=O)(=O)c2ccc3c(c2)CCN3C(C)=O)CC1. The van der Waals surface area contributed by atoms with E-state index in [0.717, 1.165) is 17.7 Å². The smallest absolute Gasteiger partial charge is 0.240 e. The van der Waals surface area contributed by atoms with Gasteiger partial charge in [0.2, 0.25) is 21.8 Å². The fourth-order valence-electron chi connectivity index (χ4n) is 3.78. The normalized spacial score (nSPS) is 17.9. The largest absolute Gasteiger partial charge is 0.343 e. The number of benzene rings is 1. The summed E-state index contributed by atoms with van der Waals surface area (Å²) in [5.41, 5.74) is 1.68. The van der Waals surface area contributed by atoms with E-state index in [9.17, 15) is 18.0 Å². The molecule has 7 nitrogen and oxygen atoms in total. The van der Waals surface area contributed by atoms with E-state index in [-0.39, 0.29) is 22.8 Å². The third-order valence-corrected chi connectivity index (χ3v) is 6.79. The third-order valence-electron chi connectivity index (χ3n) is 5.27. The summed E-state index contributed by atoms with van der Waals surface area (Å²) in [6.07, 6.45) is 3.28. The summed E-state index contributed by atoms with van der Waals surface area (Å²) in [5, 5.41) is 0. The van der Waals surface area contributed by atoms with E-state index in [1.54, 1.807) is 23.1 Å². The quantitative estimate of drug-likeness (QED) is 0.824. The summed E-state index contributed by atoms with van der Waals surface area (Å²) in [4.78, 5) is 27.3. The first kappa shape index (κ1) is 19.8. The van der Waals surface area contributed by atoms with Gasteiger partial charge in [-0.3, -0.25) is 9.59 Å². The van der Waals surface area contributed by atoms with E-state index in [2.05, 4.69) is 4.72 Å². The van der Waals surface area contributed by atoms with Crippen molar-refractivity contribution in [3.63, 3.8) is 0 Å². The Morgan fingerprint density at radius 1 is 1.19 bits per heavy atom. The molecule has 0 unspecified atom stereocenters. The Morgan fingerprint density at radius 2 is 1.89 bits per heavy atom. The zero-order valence-corrected chi connectivity index (χ0v) is 16.7. The minimum atomic E-state index is -3.62. The van der Waals surface area contributed by atoms with Crippen LogP contribution in [0.3, 0.4) is 0 Å². The molecule has 1 aromatic rings. The topological polar surface area (TPSA) is 86.8 Å². The summed E-state index contributed by atoms with van der Waals surface area (Å²) in [6, 6.07) is 4.77. The Kier molecular flexibility index (Phi) is 5.86. The molecule has 1 aromatic carbocycles. The van der Waals surface area contributed by atoms with Crippen molar-refractivity contribution in [2.24, 2.45) is 0 Å². The Bertz CT molecular complexity index is 829. The second-order valence-electron chi connectivity index (χ2n) is 7.24. The molecule has 3 rings (SSSR count). The first-order chi connectivity index (χ1) is 12.8. The number of hydrogen-bond donors (Lipinski definition) is 1. The van der Waals surface area contributed by atoms with Crippen LogP contribution in [-0.2, 0) is 26.0 Å². The van der Waals surface area contributed by atoms with Crippen LogP contribution < -0.4 is 9.62 Å². The zero-order valence-electron chi connectivity index (χ0n) is 15.9. The van der Waals surface area contributed by atoms with Gasteiger partial charge in [0, 0.05) is 44.7 Å². The molecule has 2 heterocycles. The van der Waals surface area contributed by atoms with Crippen LogP contribution in [0.25, 0.3) is 0 Å². The van der Waals surface area contributed by atoms with Crippen LogP contribution in [0.15, 0.2) is 23.1 Å². The van der Waals surface area contributed by atoms with E-state index in [1.807, 2.05) is 11.8 Å². The van der Waals surface area contributed by atoms with Gasteiger partial charge in [0.15, 0.2) is 0 Å². The molecule has 2 aliphatic heterocycles. The number of amides is 2. The summed E-state index contributed by atoms with van der Waals surface area (Å²) in [7, 11) is -3.62. The predicted octanol–water partition coefficient (Wildman–Crippen LogP) is 1.67. The molecule has 0 atom stereocenters. The van der Waals surface area contributed by atoms with E-state index < -0.39 is 10.0 Å². The number of carbonyl (C=O) groups is 2. The van der Waals surface area contributed by atoms with Crippen molar-refractivity contribution in [3.05, 3.63) is 23.8 Å². The number of carbonyl (C=O) groups excluding carboxylic acids is 2. The molecular weight excluding hydrogens is 366 g/mol. The number of fused-ring (bicyclic) bond motifs is 1. The van der Waals surface area contributed by atoms with Gasteiger partial charge in [-0.25, -0.2) is 13.1 Å². The molecule has 2 amide bonds. The molecule has 8 heteroatoms. The molecule has 0 bridgehead atoms. The average molecular weight is 394 g/mol. The van der Waals surface area contributed by atoms with Crippen molar-refractivity contribution < 1.29 is 18.0 Å². The first-order valence-electron chi connectivity index (χ1n) is 9.53. The van der Waals surface area contributed by atoms with Crippen LogP contribution in [-0.4, -0.2) is 50.8 Å². The number of rotatable bonds is 5. The van der Waals surface area contributed by atoms with Crippen molar-refractivity contribution in [2.75, 3.05) is 24.5 Å². The molecule has 1 fully saturated rings. The van der Waals surface area contributed by atoms with E-state index in [0.29, 0.717) is 45.3 Å². The number of nitrogens with one attached hydrogen (secondary N) is 1. The van der Waals surface area contributed by atoms with Crippen LogP contribution in [0, 0.1) is 0 Å². The number of hydrogen-bond acceptors (Lipinski definition) is 4. The number of sulfonamides is 1. The summed E-state index contributed by atoms with van der Waals surface area (Å²) < 4.78 is 28.3. The zero-order chi connectivity index (χ0) is 19.6. The lowest BCUT2D eigenvalue weighted by Gasteiger charge is -2.32. The number of anilines is 1. The van der Waals surface area contributed by atoms with Crippen LogP contribution in [0.1, 0.15) is 45.1 Å². The predicted molar refractivity (Wildman–Crippen MR) is 103 cm³/mol. The molecule has 0 aromatic heterocycles. The lowest BCUT2D eigenvalue weighted by Crippen LogP contribution is -2.46. The first-order valence-corrected chi connectivity index (χ1v) is 11.0. The maximum Gasteiger partial charge on any atom is 0.240 e. The molecular formula is C19H27N3O4S. The van der Waals surface area contributed by atoms with Gasteiger partial charge in [-0.05, 0) is 49.4 Å². The molecule has 2 aliphatic rings. The molecule has 1 saturated heterocycles. The Balaban J connectivity index is 1.65. The second kappa shape index (κ2) is 7.98. The highest BCUT2D eigenvalue weighted by Crippen LogP contribution is 2.30. The fourth-order valence-corrected chi connectivity index (χ4v) is 5.13. The summed E-state index contributed by atoms with van der Waals surface area (Å²) in [5.74, 6) is 0.110. The van der Waals surface area contributed by atoms with Crippen LogP contribution in [0.5, 0.6) is 0 Å². The highest BCUT2D eigenvalue weighted by molar-refractivity contribution is 7.89.